The molecule has 0 atom stereocenters. The van der Waals surface area contributed by atoms with Gasteiger partial charge in [0.1, 0.15) is 11.3 Å². The maximum absolute atomic E-state index is 10.7. The van der Waals surface area contributed by atoms with Gasteiger partial charge in [-0.25, -0.2) is 9.93 Å². The van der Waals surface area contributed by atoms with Crippen LogP contribution in [-0.4, -0.2) is 26.6 Å². The first-order valence-electron chi connectivity index (χ1n) is 4.05. The smallest absolute Gasteiger partial charge is 0.339 e. The normalized spacial score (nSPS) is 10.9. The lowest BCUT2D eigenvalue weighted by Gasteiger charge is -2.08. The summed E-state index contributed by atoms with van der Waals surface area (Å²) >= 11 is 0. The molecule has 0 aliphatic heterocycles. The van der Waals surface area contributed by atoms with Gasteiger partial charge in [-0.15, -0.1) is 0 Å². The molecule has 0 spiro atoms. The third kappa shape index (κ3) is 3.11. The second kappa shape index (κ2) is 4.37. The van der Waals surface area contributed by atoms with Gasteiger partial charge in [0, 0.05) is 6.07 Å². The SMILES string of the molecule is COc1cc(NS(N)(=O)=O)ccc1C(=O)O. The summed E-state index contributed by atoms with van der Waals surface area (Å²) in [4.78, 5) is 10.7. The zero-order chi connectivity index (χ0) is 12.3. The number of nitrogens with one attached hydrogen (secondary N) is 1. The molecule has 1 aromatic carbocycles. The topological polar surface area (TPSA) is 119 Å². The van der Waals surface area contributed by atoms with Crippen molar-refractivity contribution in [2.24, 2.45) is 5.14 Å². The fourth-order valence-corrected chi connectivity index (χ4v) is 1.55. The molecule has 8 heteroatoms. The summed E-state index contributed by atoms with van der Waals surface area (Å²) in [6, 6.07) is 3.72. The minimum atomic E-state index is -3.89. The molecule has 0 saturated carbocycles. The summed E-state index contributed by atoms with van der Waals surface area (Å²) < 4.78 is 28.3. The average molecular weight is 246 g/mol. The van der Waals surface area contributed by atoms with Crippen LogP contribution in [-0.2, 0) is 10.2 Å². The van der Waals surface area contributed by atoms with E-state index in [1.54, 1.807) is 0 Å². The van der Waals surface area contributed by atoms with E-state index in [-0.39, 0.29) is 17.0 Å². The van der Waals surface area contributed by atoms with Crippen LogP contribution in [0.4, 0.5) is 5.69 Å². The molecule has 7 nitrogen and oxygen atoms in total. The van der Waals surface area contributed by atoms with Crippen molar-refractivity contribution in [3.63, 3.8) is 0 Å². The summed E-state index contributed by atoms with van der Waals surface area (Å²) in [5.74, 6) is -1.12. The minimum absolute atomic E-state index is 0.0427. The number of rotatable bonds is 4. The lowest BCUT2D eigenvalue weighted by atomic mass is 10.2. The van der Waals surface area contributed by atoms with Gasteiger partial charge in [-0.3, -0.25) is 4.72 Å². The molecule has 1 aromatic rings. The Morgan fingerprint density at radius 1 is 1.50 bits per heavy atom. The van der Waals surface area contributed by atoms with Gasteiger partial charge >= 0.3 is 5.97 Å². The summed E-state index contributed by atoms with van der Waals surface area (Å²) in [7, 11) is -2.61. The Hall–Kier alpha value is -1.80. The van der Waals surface area contributed by atoms with Crippen molar-refractivity contribution in [1.82, 2.24) is 0 Å². The molecule has 1 rings (SSSR count). The first-order valence-corrected chi connectivity index (χ1v) is 5.60. The van der Waals surface area contributed by atoms with E-state index in [9.17, 15) is 13.2 Å². The van der Waals surface area contributed by atoms with Gasteiger partial charge in [0.05, 0.1) is 12.8 Å². The zero-order valence-electron chi connectivity index (χ0n) is 8.30. The van der Waals surface area contributed by atoms with Crippen molar-refractivity contribution in [1.29, 1.82) is 0 Å². The fraction of sp³-hybridized carbons (Fsp3) is 0.125. The third-order valence-electron chi connectivity index (χ3n) is 1.69. The van der Waals surface area contributed by atoms with Crippen LogP contribution >= 0.6 is 0 Å². The number of benzene rings is 1. The average Bonchev–Trinajstić information content (AvgIpc) is 2.14. The number of hydrogen-bond acceptors (Lipinski definition) is 4. The zero-order valence-corrected chi connectivity index (χ0v) is 9.11. The van der Waals surface area contributed by atoms with E-state index >= 15 is 0 Å². The van der Waals surface area contributed by atoms with Gasteiger partial charge in [0.15, 0.2) is 0 Å². The quantitative estimate of drug-likeness (QED) is 0.691. The third-order valence-corrected chi connectivity index (χ3v) is 2.21. The highest BCUT2D eigenvalue weighted by Gasteiger charge is 2.12. The van der Waals surface area contributed by atoms with Gasteiger partial charge in [-0.1, -0.05) is 0 Å². The predicted octanol–water partition coefficient (Wildman–Crippen LogP) is 0.00880. The molecule has 0 unspecified atom stereocenters. The Morgan fingerprint density at radius 3 is 2.56 bits per heavy atom. The van der Waals surface area contributed by atoms with Gasteiger partial charge in [-0.2, -0.15) is 8.42 Å². The molecule has 0 fully saturated rings. The predicted molar refractivity (Wildman–Crippen MR) is 56.7 cm³/mol. The molecule has 0 aromatic heterocycles. The van der Waals surface area contributed by atoms with Crippen LogP contribution in [0.25, 0.3) is 0 Å². The second-order valence-corrected chi connectivity index (χ2v) is 4.16. The van der Waals surface area contributed by atoms with E-state index in [4.69, 9.17) is 15.0 Å². The van der Waals surface area contributed by atoms with Crippen molar-refractivity contribution in [2.75, 3.05) is 11.8 Å². The highest BCUT2D eigenvalue weighted by Crippen LogP contribution is 2.23. The number of aromatic carboxylic acids is 1. The van der Waals surface area contributed by atoms with Crippen LogP contribution < -0.4 is 14.6 Å². The van der Waals surface area contributed by atoms with Crippen molar-refractivity contribution in [3.8, 4) is 5.75 Å². The van der Waals surface area contributed by atoms with Crippen LogP contribution in [0, 0.1) is 0 Å². The molecule has 0 saturated heterocycles. The Morgan fingerprint density at radius 2 is 2.12 bits per heavy atom. The molecule has 0 heterocycles. The second-order valence-electron chi connectivity index (χ2n) is 2.87. The van der Waals surface area contributed by atoms with Crippen molar-refractivity contribution in [3.05, 3.63) is 23.8 Å². The molecular formula is C8H10N2O5S. The van der Waals surface area contributed by atoms with Crippen LogP contribution in [0.1, 0.15) is 10.4 Å². The van der Waals surface area contributed by atoms with Crippen molar-refractivity contribution < 1.29 is 23.1 Å². The van der Waals surface area contributed by atoms with E-state index in [1.165, 1.54) is 25.3 Å². The standard InChI is InChI=1S/C8H10N2O5S/c1-15-7-4-5(10-16(9,13)14)2-3-6(7)8(11)12/h2-4,10H,1H3,(H,11,12)(H2,9,13,14). The Balaban J connectivity index is 3.14. The number of carboxylic acid groups (broad SMARTS) is 1. The van der Waals surface area contributed by atoms with E-state index in [1.807, 2.05) is 4.72 Å². The molecule has 88 valence electrons. The molecule has 0 radical (unpaired) electrons. The Labute approximate surface area is 92.0 Å². The number of hydrogen-bond donors (Lipinski definition) is 3. The van der Waals surface area contributed by atoms with E-state index < -0.39 is 16.2 Å². The number of anilines is 1. The highest BCUT2D eigenvalue weighted by molar-refractivity contribution is 7.90. The molecule has 16 heavy (non-hydrogen) atoms. The van der Waals surface area contributed by atoms with Crippen molar-refractivity contribution in [2.45, 2.75) is 0 Å². The first-order chi connectivity index (χ1) is 7.33. The molecule has 0 aliphatic rings. The minimum Gasteiger partial charge on any atom is -0.496 e. The summed E-state index contributed by atoms with van der Waals surface area (Å²) in [5, 5.41) is 13.5. The monoisotopic (exact) mass is 246 g/mol. The van der Waals surface area contributed by atoms with Crippen LogP contribution in [0.15, 0.2) is 18.2 Å². The highest BCUT2D eigenvalue weighted by atomic mass is 32.2. The number of methoxy groups -OCH3 is 1. The van der Waals surface area contributed by atoms with Gasteiger partial charge in [0.25, 0.3) is 10.2 Å². The van der Waals surface area contributed by atoms with Crippen LogP contribution in [0.5, 0.6) is 5.75 Å². The summed E-state index contributed by atoms with van der Waals surface area (Å²) in [6.45, 7) is 0. The molecular weight excluding hydrogens is 236 g/mol. The Kier molecular flexibility index (Phi) is 3.35. The Bertz CT molecular complexity index is 511. The maximum atomic E-state index is 10.7. The molecule has 0 bridgehead atoms. The summed E-state index contributed by atoms with van der Waals surface area (Å²) in [6.07, 6.45) is 0. The number of nitrogens with two attached hydrogens (primary N) is 1. The number of ether oxygens (including phenoxy) is 1. The molecule has 0 amide bonds. The molecule has 0 aliphatic carbocycles. The lowest BCUT2D eigenvalue weighted by molar-refractivity contribution is 0.0693. The van der Waals surface area contributed by atoms with E-state index in [0.717, 1.165) is 0 Å². The summed E-state index contributed by atoms with van der Waals surface area (Å²) in [5.41, 5.74) is 0.0619. The maximum Gasteiger partial charge on any atom is 0.339 e. The van der Waals surface area contributed by atoms with Gasteiger partial charge in [0.2, 0.25) is 0 Å². The van der Waals surface area contributed by atoms with Crippen LogP contribution in [0.2, 0.25) is 0 Å². The first kappa shape index (κ1) is 12.3. The van der Waals surface area contributed by atoms with Gasteiger partial charge in [-0.05, 0) is 12.1 Å². The van der Waals surface area contributed by atoms with Crippen molar-refractivity contribution >= 4 is 21.9 Å². The van der Waals surface area contributed by atoms with Crippen LogP contribution in [0.3, 0.4) is 0 Å². The van der Waals surface area contributed by atoms with E-state index in [2.05, 4.69) is 0 Å². The van der Waals surface area contributed by atoms with Gasteiger partial charge < -0.3 is 9.84 Å². The lowest BCUT2D eigenvalue weighted by Crippen LogP contribution is -2.21. The molecule has 4 N–H and O–H groups in total. The number of carbonyl (C=O) groups is 1. The van der Waals surface area contributed by atoms with E-state index in [0.29, 0.717) is 0 Å². The number of carboxylic acids is 1. The fourth-order valence-electron chi connectivity index (χ4n) is 1.10. The largest absolute Gasteiger partial charge is 0.496 e.